The first-order valence-electron chi connectivity index (χ1n) is 12.0. The molecule has 1 aromatic carbocycles. The second kappa shape index (κ2) is 10.3. The number of carbonyl (C=O) groups is 1. The summed E-state index contributed by atoms with van der Waals surface area (Å²) in [4.78, 5) is 50.8. The Morgan fingerprint density at radius 1 is 1.06 bits per heavy atom. The van der Waals surface area contributed by atoms with Crippen LogP contribution in [0, 0.1) is 0 Å². The van der Waals surface area contributed by atoms with Gasteiger partial charge in [0.15, 0.2) is 11.2 Å². The molecule has 10 nitrogen and oxygen atoms in total. The van der Waals surface area contributed by atoms with Gasteiger partial charge in [-0.25, -0.2) is 14.3 Å². The van der Waals surface area contributed by atoms with E-state index in [1.165, 1.54) is 10.9 Å². The van der Waals surface area contributed by atoms with Crippen molar-refractivity contribution in [2.45, 2.75) is 45.1 Å². The zero-order valence-corrected chi connectivity index (χ0v) is 20.1. The number of rotatable bonds is 10. The molecular formula is C26H28N6O4. The van der Waals surface area contributed by atoms with E-state index >= 15 is 0 Å². The molecule has 0 saturated heterocycles. The summed E-state index contributed by atoms with van der Waals surface area (Å²) >= 11 is 0. The van der Waals surface area contributed by atoms with Gasteiger partial charge >= 0.3 is 5.69 Å². The molecule has 36 heavy (non-hydrogen) atoms. The van der Waals surface area contributed by atoms with Gasteiger partial charge in [-0.2, -0.15) is 0 Å². The smallest absolute Gasteiger partial charge is 0.333 e. The Bertz CT molecular complexity index is 1470. The number of hydrogen-bond acceptors (Lipinski definition) is 6. The van der Waals surface area contributed by atoms with E-state index in [9.17, 15) is 14.4 Å². The molecule has 0 atom stereocenters. The third kappa shape index (κ3) is 4.85. The average Bonchev–Trinajstić information content (AvgIpc) is 3.66. The molecule has 1 saturated carbocycles. The molecule has 3 heterocycles. The maximum atomic E-state index is 13.6. The normalized spacial score (nSPS) is 13.2. The highest BCUT2D eigenvalue weighted by Crippen LogP contribution is 2.28. The van der Waals surface area contributed by atoms with E-state index < -0.39 is 11.2 Å². The fraction of sp³-hybridized carbons (Fsp3) is 0.346. The molecule has 4 aromatic rings. The third-order valence-corrected chi connectivity index (χ3v) is 6.41. The molecule has 10 heteroatoms. The molecule has 0 radical (unpaired) electrons. The summed E-state index contributed by atoms with van der Waals surface area (Å²) in [6.07, 6.45) is 6.73. The first-order valence-corrected chi connectivity index (χ1v) is 12.0. The van der Waals surface area contributed by atoms with Crippen molar-refractivity contribution in [2.24, 2.45) is 0 Å². The molecular weight excluding hydrogens is 460 g/mol. The first-order chi connectivity index (χ1) is 17.6. The Morgan fingerprint density at radius 2 is 1.81 bits per heavy atom. The molecule has 1 fully saturated rings. The lowest BCUT2D eigenvalue weighted by molar-refractivity contribution is -0.133. The summed E-state index contributed by atoms with van der Waals surface area (Å²) < 4.78 is 9.37. The van der Waals surface area contributed by atoms with Gasteiger partial charge in [-0.1, -0.05) is 30.3 Å². The van der Waals surface area contributed by atoms with Crippen LogP contribution in [-0.2, 0) is 35.7 Å². The van der Waals surface area contributed by atoms with Crippen molar-refractivity contribution >= 4 is 17.1 Å². The van der Waals surface area contributed by atoms with E-state index in [4.69, 9.17) is 4.74 Å². The van der Waals surface area contributed by atoms with Gasteiger partial charge in [0.1, 0.15) is 6.54 Å². The zero-order valence-electron chi connectivity index (χ0n) is 20.1. The van der Waals surface area contributed by atoms with Crippen LogP contribution in [0.1, 0.15) is 24.0 Å². The number of fused-ring (bicyclic) bond motifs is 1. The van der Waals surface area contributed by atoms with Gasteiger partial charge in [0, 0.05) is 38.6 Å². The number of amides is 1. The molecule has 0 unspecified atom stereocenters. The van der Waals surface area contributed by atoms with Gasteiger partial charge in [-0.15, -0.1) is 0 Å². The first kappa shape index (κ1) is 23.7. The van der Waals surface area contributed by atoms with Crippen LogP contribution in [-0.4, -0.2) is 54.2 Å². The molecule has 186 valence electrons. The molecule has 0 bridgehead atoms. The van der Waals surface area contributed by atoms with E-state index in [0.29, 0.717) is 25.3 Å². The van der Waals surface area contributed by atoms with Crippen LogP contribution in [0.15, 0.2) is 70.8 Å². The molecule has 3 aromatic heterocycles. The lowest BCUT2D eigenvalue weighted by atomic mass is 10.2. The minimum atomic E-state index is -0.554. The highest BCUT2D eigenvalue weighted by Gasteiger charge is 2.33. The Labute approximate surface area is 207 Å². The van der Waals surface area contributed by atoms with Crippen molar-refractivity contribution in [2.75, 3.05) is 13.7 Å². The fourth-order valence-electron chi connectivity index (χ4n) is 4.36. The number of pyridine rings is 1. The minimum absolute atomic E-state index is 0.115. The van der Waals surface area contributed by atoms with Gasteiger partial charge in [0.25, 0.3) is 5.56 Å². The van der Waals surface area contributed by atoms with Crippen molar-refractivity contribution in [3.8, 4) is 0 Å². The maximum Gasteiger partial charge on any atom is 0.333 e. The van der Waals surface area contributed by atoms with Crippen molar-refractivity contribution < 1.29 is 9.53 Å². The SMILES string of the molecule is COCCn1cnc2c1c(=O)n(CC(=O)N(Cc1ccncc1)C1CC1)c(=O)n2Cc1ccccc1. The van der Waals surface area contributed by atoms with Crippen LogP contribution in [0.5, 0.6) is 0 Å². The summed E-state index contributed by atoms with van der Waals surface area (Å²) in [7, 11) is 1.58. The summed E-state index contributed by atoms with van der Waals surface area (Å²) in [6, 6.07) is 13.3. The Kier molecular flexibility index (Phi) is 6.77. The van der Waals surface area contributed by atoms with Gasteiger partial charge in [0.2, 0.25) is 5.91 Å². The Balaban J connectivity index is 1.55. The Morgan fingerprint density at radius 3 is 2.50 bits per heavy atom. The summed E-state index contributed by atoms with van der Waals surface area (Å²) in [6.45, 7) is 1.08. The lowest BCUT2D eigenvalue weighted by Crippen LogP contribution is -2.45. The number of benzene rings is 1. The highest BCUT2D eigenvalue weighted by atomic mass is 16.5. The summed E-state index contributed by atoms with van der Waals surface area (Å²) in [5.74, 6) is -0.262. The maximum absolute atomic E-state index is 13.6. The number of ether oxygens (including phenoxy) is 1. The fourth-order valence-corrected chi connectivity index (χ4v) is 4.36. The van der Waals surface area contributed by atoms with Gasteiger partial charge in [-0.3, -0.25) is 19.1 Å². The van der Waals surface area contributed by atoms with Crippen LogP contribution in [0.4, 0.5) is 0 Å². The predicted octanol–water partition coefficient (Wildman–Crippen LogP) is 1.64. The van der Waals surface area contributed by atoms with E-state index in [0.717, 1.165) is 28.5 Å². The van der Waals surface area contributed by atoms with E-state index in [2.05, 4.69) is 9.97 Å². The van der Waals surface area contributed by atoms with Crippen LogP contribution in [0.3, 0.4) is 0 Å². The standard InChI is InChI=1S/C26H28N6O4/c1-36-14-13-29-18-28-24-23(29)25(34)32(26(35)31(24)16-19-5-3-2-4-6-19)17-22(33)30(21-7-8-21)15-20-9-11-27-12-10-20/h2-6,9-12,18,21H,7-8,13-17H2,1H3. The predicted molar refractivity (Wildman–Crippen MR) is 133 cm³/mol. The minimum Gasteiger partial charge on any atom is -0.383 e. The van der Waals surface area contributed by atoms with Crippen molar-refractivity contribution in [1.29, 1.82) is 0 Å². The van der Waals surface area contributed by atoms with Gasteiger partial charge < -0.3 is 14.2 Å². The molecule has 0 aliphatic heterocycles. The van der Waals surface area contributed by atoms with Crippen LogP contribution in [0.25, 0.3) is 11.2 Å². The van der Waals surface area contributed by atoms with E-state index in [1.807, 2.05) is 42.5 Å². The van der Waals surface area contributed by atoms with E-state index in [-0.39, 0.29) is 30.6 Å². The number of imidazole rings is 1. The number of carbonyl (C=O) groups excluding carboxylic acids is 1. The second-order valence-electron chi connectivity index (χ2n) is 8.96. The molecule has 0 N–H and O–H groups in total. The molecule has 5 rings (SSSR count). The van der Waals surface area contributed by atoms with Crippen molar-refractivity contribution in [3.05, 3.63) is 93.2 Å². The zero-order chi connectivity index (χ0) is 25.1. The lowest BCUT2D eigenvalue weighted by Gasteiger charge is -2.23. The monoisotopic (exact) mass is 488 g/mol. The molecule has 1 aliphatic rings. The quantitative estimate of drug-likeness (QED) is 0.336. The molecule has 0 spiro atoms. The number of aromatic nitrogens is 5. The van der Waals surface area contributed by atoms with Crippen molar-refractivity contribution in [1.82, 2.24) is 28.6 Å². The second-order valence-corrected chi connectivity index (χ2v) is 8.96. The van der Waals surface area contributed by atoms with Crippen LogP contribution < -0.4 is 11.2 Å². The van der Waals surface area contributed by atoms with Crippen LogP contribution in [0.2, 0.25) is 0 Å². The van der Waals surface area contributed by atoms with Gasteiger partial charge in [0.05, 0.1) is 19.5 Å². The summed E-state index contributed by atoms with van der Waals surface area (Å²) in [5, 5.41) is 0. The number of hydrogen-bond donors (Lipinski definition) is 0. The topological polar surface area (TPSA) is 104 Å². The van der Waals surface area contributed by atoms with Crippen LogP contribution >= 0.6 is 0 Å². The average molecular weight is 489 g/mol. The Hall–Kier alpha value is -4.05. The van der Waals surface area contributed by atoms with E-state index in [1.54, 1.807) is 29.0 Å². The number of methoxy groups -OCH3 is 1. The third-order valence-electron chi connectivity index (χ3n) is 6.41. The molecule has 1 aliphatic carbocycles. The van der Waals surface area contributed by atoms with Gasteiger partial charge in [-0.05, 0) is 36.1 Å². The largest absolute Gasteiger partial charge is 0.383 e. The van der Waals surface area contributed by atoms with Crippen molar-refractivity contribution in [3.63, 3.8) is 0 Å². The molecule has 1 amide bonds. The highest BCUT2D eigenvalue weighted by molar-refractivity contribution is 5.77. The number of nitrogens with zero attached hydrogens (tertiary/aromatic N) is 6. The summed E-state index contributed by atoms with van der Waals surface area (Å²) in [5.41, 5.74) is 1.34.